The number of hydrogen-bond acceptors (Lipinski definition) is 3. The molecule has 0 unspecified atom stereocenters. The summed E-state index contributed by atoms with van der Waals surface area (Å²) in [5, 5.41) is 5.48. The Labute approximate surface area is 114 Å². The van der Waals surface area contributed by atoms with Crippen LogP contribution in [0.4, 0.5) is 0 Å². The third-order valence-electron chi connectivity index (χ3n) is 2.58. The van der Waals surface area contributed by atoms with E-state index in [0.29, 0.717) is 0 Å². The third-order valence-corrected chi connectivity index (χ3v) is 3.40. The molecule has 0 aliphatic rings. The minimum Gasteiger partial charge on any atom is -0.217 e. The van der Waals surface area contributed by atoms with E-state index in [9.17, 15) is 0 Å². The van der Waals surface area contributed by atoms with Crippen LogP contribution in [0.3, 0.4) is 0 Å². The SMILES string of the molecule is Br.Cc1nn2c(C)c(-c3ccccc3)nc2s1. The molecule has 88 valence electrons. The summed E-state index contributed by atoms with van der Waals surface area (Å²) in [6.45, 7) is 4.06. The van der Waals surface area contributed by atoms with E-state index in [1.54, 1.807) is 11.3 Å². The van der Waals surface area contributed by atoms with E-state index in [-0.39, 0.29) is 17.0 Å². The zero-order valence-electron chi connectivity index (χ0n) is 9.54. The zero-order valence-corrected chi connectivity index (χ0v) is 12.1. The summed E-state index contributed by atoms with van der Waals surface area (Å²) in [5.41, 5.74) is 3.28. The molecule has 0 aliphatic carbocycles. The first-order valence-corrected chi connectivity index (χ1v) is 5.95. The number of fused-ring (bicyclic) bond motifs is 1. The van der Waals surface area contributed by atoms with Crippen molar-refractivity contribution in [2.75, 3.05) is 0 Å². The van der Waals surface area contributed by atoms with E-state index in [0.717, 1.165) is 26.9 Å². The average molecular weight is 310 g/mol. The monoisotopic (exact) mass is 309 g/mol. The standard InChI is InChI=1S/C12H11N3S.BrH/c1-8-11(10-6-4-3-5-7-10)13-12-15(8)14-9(2)16-12;/h3-7H,1-2H3;1H. The fraction of sp³-hybridized carbons (Fsp3) is 0.167. The van der Waals surface area contributed by atoms with Crippen molar-refractivity contribution in [3.05, 3.63) is 41.0 Å². The van der Waals surface area contributed by atoms with Crippen molar-refractivity contribution < 1.29 is 0 Å². The van der Waals surface area contributed by atoms with Crippen LogP contribution < -0.4 is 0 Å². The molecule has 0 aliphatic heterocycles. The Morgan fingerprint density at radius 2 is 1.82 bits per heavy atom. The second-order valence-corrected chi connectivity index (χ2v) is 4.89. The van der Waals surface area contributed by atoms with Gasteiger partial charge in [0.15, 0.2) is 0 Å². The van der Waals surface area contributed by atoms with E-state index < -0.39 is 0 Å². The predicted octanol–water partition coefficient (Wildman–Crippen LogP) is 3.65. The maximum Gasteiger partial charge on any atom is 0.212 e. The van der Waals surface area contributed by atoms with Crippen LogP contribution in [0.5, 0.6) is 0 Å². The quantitative estimate of drug-likeness (QED) is 0.687. The van der Waals surface area contributed by atoms with E-state index in [4.69, 9.17) is 0 Å². The van der Waals surface area contributed by atoms with Crippen molar-refractivity contribution in [2.45, 2.75) is 13.8 Å². The maximum absolute atomic E-state index is 4.62. The highest BCUT2D eigenvalue weighted by molar-refractivity contribution is 8.93. The maximum atomic E-state index is 4.62. The highest BCUT2D eigenvalue weighted by Crippen LogP contribution is 2.25. The zero-order chi connectivity index (χ0) is 11.1. The lowest BCUT2D eigenvalue weighted by Gasteiger charge is -1.97. The minimum atomic E-state index is 0. The summed E-state index contributed by atoms with van der Waals surface area (Å²) in [6, 6.07) is 10.2. The molecule has 3 nitrogen and oxygen atoms in total. The molecule has 2 heterocycles. The van der Waals surface area contributed by atoms with Crippen LogP contribution >= 0.6 is 28.3 Å². The van der Waals surface area contributed by atoms with Gasteiger partial charge in [0.05, 0.1) is 11.4 Å². The van der Waals surface area contributed by atoms with Gasteiger partial charge in [-0.25, -0.2) is 9.50 Å². The average Bonchev–Trinajstić information content (AvgIpc) is 2.79. The molecule has 2 aromatic heterocycles. The number of aromatic nitrogens is 3. The van der Waals surface area contributed by atoms with Crippen molar-refractivity contribution in [1.82, 2.24) is 14.6 Å². The predicted molar refractivity (Wildman–Crippen MR) is 76.1 cm³/mol. The van der Waals surface area contributed by atoms with Gasteiger partial charge in [-0.3, -0.25) is 0 Å². The lowest BCUT2D eigenvalue weighted by molar-refractivity contribution is 0.909. The van der Waals surface area contributed by atoms with Crippen LogP contribution in [0.2, 0.25) is 0 Å². The molecule has 0 saturated heterocycles. The number of halogens is 1. The van der Waals surface area contributed by atoms with Gasteiger partial charge >= 0.3 is 0 Å². The molecular weight excluding hydrogens is 298 g/mol. The van der Waals surface area contributed by atoms with Crippen LogP contribution in [0.25, 0.3) is 16.2 Å². The molecule has 5 heteroatoms. The Morgan fingerprint density at radius 3 is 2.47 bits per heavy atom. The second kappa shape index (κ2) is 4.58. The molecule has 0 spiro atoms. The Balaban J connectivity index is 0.00000108. The van der Waals surface area contributed by atoms with E-state index in [1.807, 2.05) is 29.6 Å². The molecule has 1 aromatic carbocycles. The second-order valence-electron chi connectivity index (χ2n) is 3.73. The number of imidazole rings is 1. The first-order chi connectivity index (χ1) is 7.75. The van der Waals surface area contributed by atoms with Crippen LogP contribution in [0, 0.1) is 13.8 Å². The summed E-state index contributed by atoms with van der Waals surface area (Å²) in [5.74, 6) is 0. The Bertz CT molecular complexity index is 642. The summed E-state index contributed by atoms with van der Waals surface area (Å²) in [4.78, 5) is 5.59. The van der Waals surface area contributed by atoms with E-state index in [2.05, 4.69) is 29.1 Å². The smallest absolute Gasteiger partial charge is 0.212 e. The van der Waals surface area contributed by atoms with Crippen molar-refractivity contribution in [1.29, 1.82) is 0 Å². The number of aryl methyl sites for hydroxylation is 2. The van der Waals surface area contributed by atoms with E-state index >= 15 is 0 Å². The normalized spacial score (nSPS) is 10.5. The highest BCUT2D eigenvalue weighted by atomic mass is 79.9. The first kappa shape index (κ1) is 12.3. The van der Waals surface area contributed by atoms with Gasteiger partial charge < -0.3 is 0 Å². The van der Waals surface area contributed by atoms with Gasteiger partial charge in [0.25, 0.3) is 0 Å². The topological polar surface area (TPSA) is 30.2 Å². The van der Waals surface area contributed by atoms with Gasteiger partial charge in [0, 0.05) is 5.56 Å². The Hall–Kier alpha value is -1.20. The molecule has 0 atom stereocenters. The van der Waals surface area contributed by atoms with Gasteiger partial charge in [-0.15, -0.1) is 17.0 Å². The largest absolute Gasteiger partial charge is 0.217 e. The first-order valence-electron chi connectivity index (χ1n) is 5.14. The van der Waals surface area contributed by atoms with Crippen LogP contribution in [0.1, 0.15) is 10.7 Å². The van der Waals surface area contributed by atoms with Gasteiger partial charge in [-0.2, -0.15) is 5.10 Å². The van der Waals surface area contributed by atoms with Gasteiger partial charge in [-0.1, -0.05) is 41.7 Å². The van der Waals surface area contributed by atoms with Gasteiger partial charge in [0.1, 0.15) is 5.01 Å². The minimum absolute atomic E-state index is 0. The number of rotatable bonds is 1. The Morgan fingerprint density at radius 1 is 1.12 bits per heavy atom. The van der Waals surface area contributed by atoms with Crippen LogP contribution in [-0.2, 0) is 0 Å². The molecular formula is C12H12BrN3S. The summed E-state index contributed by atoms with van der Waals surface area (Å²) in [7, 11) is 0. The number of hydrogen-bond donors (Lipinski definition) is 0. The number of benzene rings is 1. The van der Waals surface area contributed by atoms with Crippen molar-refractivity contribution in [3.63, 3.8) is 0 Å². The molecule has 0 fully saturated rings. The summed E-state index contributed by atoms with van der Waals surface area (Å²) >= 11 is 1.62. The molecule has 0 radical (unpaired) electrons. The summed E-state index contributed by atoms with van der Waals surface area (Å²) in [6.07, 6.45) is 0. The van der Waals surface area contributed by atoms with E-state index in [1.165, 1.54) is 0 Å². The Kier molecular flexibility index (Phi) is 3.31. The van der Waals surface area contributed by atoms with Crippen molar-refractivity contribution >= 4 is 33.3 Å². The highest BCUT2D eigenvalue weighted by Gasteiger charge is 2.12. The molecule has 0 amide bonds. The van der Waals surface area contributed by atoms with Crippen molar-refractivity contribution in [3.8, 4) is 11.3 Å². The van der Waals surface area contributed by atoms with Crippen LogP contribution in [0.15, 0.2) is 30.3 Å². The molecule has 0 bridgehead atoms. The van der Waals surface area contributed by atoms with Crippen LogP contribution in [-0.4, -0.2) is 14.6 Å². The fourth-order valence-corrected chi connectivity index (χ4v) is 2.60. The third kappa shape index (κ3) is 2.00. The van der Waals surface area contributed by atoms with Gasteiger partial charge in [0.2, 0.25) is 4.96 Å². The molecule has 3 aromatic rings. The molecule has 17 heavy (non-hydrogen) atoms. The number of nitrogens with zero attached hydrogens (tertiary/aromatic N) is 3. The lowest BCUT2D eigenvalue weighted by Crippen LogP contribution is -1.88. The molecule has 0 saturated carbocycles. The lowest BCUT2D eigenvalue weighted by atomic mass is 10.1. The fourth-order valence-electron chi connectivity index (χ4n) is 1.81. The van der Waals surface area contributed by atoms with Gasteiger partial charge in [-0.05, 0) is 13.8 Å². The molecule has 0 N–H and O–H groups in total. The molecule has 3 rings (SSSR count). The summed E-state index contributed by atoms with van der Waals surface area (Å²) < 4.78 is 1.92. The van der Waals surface area contributed by atoms with Crippen molar-refractivity contribution in [2.24, 2.45) is 0 Å².